The highest BCUT2D eigenvalue weighted by atomic mass is 16.4. The summed E-state index contributed by atoms with van der Waals surface area (Å²) in [6, 6.07) is 6.87. The third-order valence-corrected chi connectivity index (χ3v) is 5.37. The average Bonchev–Trinajstić information content (AvgIpc) is 3.28. The molecule has 6 nitrogen and oxygen atoms in total. The first-order valence-electron chi connectivity index (χ1n) is 8.07. The molecule has 1 saturated heterocycles. The molecule has 4 rings (SSSR count). The number of carbonyl (C=O) groups is 2. The lowest BCUT2D eigenvalue weighted by Gasteiger charge is -2.47. The molecule has 1 heterocycles. The number of fused-ring (bicyclic) bond motifs is 1. The van der Waals surface area contributed by atoms with Crippen LogP contribution in [-0.4, -0.2) is 45.8 Å². The van der Waals surface area contributed by atoms with E-state index in [0.29, 0.717) is 25.4 Å². The average molecular weight is 316 g/mol. The van der Waals surface area contributed by atoms with Crippen LogP contribution in [0.4, 0.5) is 4.79 Å². The van der Waals surface area contributed by atoms with Crippen LogP contribution in [-0.2, 0) is 4.79 Å². The van der Waals surface area contributed by atoms with Crippen molar-refractivity contribution in [3.8, 4) is 0 Å². The van der Waals surface area contributed by atoms with Crippen LogP contribution >= 0.6 is 0 Å². The molecule has 0 spiro atoms. The molecule has 1 aromatic carbocycles. The number of benzene rings is 1. The number of rotatable bonds is 3. The quantitative estimate of drug-likeness (QED) is 0.787. The highest BCUT2D eigenvalue weighted by Crippen LogP contribution is 2.45. The molecule has 1 aromatic rings. The van der Waals surface area contributed by atoms with Crippen LogP contribution in [0.1, 0.15) is 42.3 Å². The van der Waals surface area contributed by atoms with Crippen molar-refractivity contribution in [1.82, 2.24) is 10.2 Å². The van der Waals surface area contributed by atoms with Crippen molar-refractivity contribution in [2.75, 3.05) is 13.1 Å². The predicted octanol–water partition coefficient (Wildman–Crippen LogP) is 1.47. The molecule has 3 aliphatic rings. The van der Waals surface area contributed by atoms with Gasteiger partial charge in [0.2, 0.25) is 0 Å². The van der Waals surface area contributed by atoms with Gasteiger partial charge in [-0.1, -0.05) is 24.3 Å². The number of carboxylic acids is 1. The fraction of sp³-hybridized carbons (Fsp3) is 0.529. The topological polar surface area (TPSA) is 89.9 Å². The minimum Gasteiger partial charge on any atom is -0.481 e. The van der Waals surface area contributed by atoms with E-state index < -0.39 is 17.5 Å². The Labute approximate surface area is 134 Å². The second-order valence-corrected chi connectivity index (χ2v) is 6.99. The van der Waals surface area contributed by atoms with Gasteiger partial charge in [-0.15, -0.1) is 0 Å². The second kappa shape index (κ2) is 4.96. The molecule has 1 aliphatic heterocycles. The van der Waals surface area contributed by atoms with Crippen LogP contribution in [0.2, 0.25) is 0 Å². The summed E-state index contributed by atoms with van der Waals surface area (Å²) in [4.78, 5) is 25.4. The molecule has 0 radical (unpaired) electrons. The molecule has 122 valence electrons. The number of urea groups is 1. The second-order valence-electron chi connectivity index (χ2n) is 6.99. The van der Waals surface area contributed by atoms with E-state index in [1.807, 2.05) is 24.3 Å². The van der Waals surface area contributed by atoms with Gasteiger partial charge in [0.25, 0.3) is 0 Å². The summed E-state index contributed by atoms with van der Waals surface area (Å²) in [5.41, 5.74) is 0.962. The largest absolute Gasteiger partial charge is 0.481 e. The Hall–Kier alpha value is -2.08. The van der Waals surface area contributed by atoms with E-state index in [2.05, 4.69) is 5.32 Å². The molecule has 2 amide bonds. The minimum absolute atomic E-state index is 0.221. The molecular weight excluding hydrogens is 296 g/mol. The van der Waals surface area contributed by atoms with Gasteiger partial charge >= 0.3 is 12.0 Å². The molecule has 6 heteroatoms. The Kier molecular flexibility index (Phi) is 3.13. The fourth-order valence-corrected chi connectivity index (χ4v) is 3.88. The van der Waals surface area contributed by atoms with Gasteiger partial charge in [0.1, 0.15) is 5.60 Å². The Morgan fingerprint density at radius 1 is 1.17 bits per heavy atom. The van der Waals surface area contributed by atoms with E-state index in [1.54, 1.807) is 4.90 Å². The Morgan fingerprint density at radius 2 is 1.83 bits per heavy atom. The number of likely N-dealkylation sites (tertiary alicyclic amines) is 1. The number of amides is 2. The summed E-state index contributed by atoms with van der Waals surface area (Å²) in [6.07, 6.45) is 2.46. The molecule has 2 aliphatic carbocycles. The van der Waals surface area contributed by atoms with Crippen LogP contribution in [0.5, 0.6) is 0 Å². The van der Waals surface area contributed by atoms with E-state index in [1.165, 1.54) is 0 Å². The molecule has 2 fully saturated rings. The van der Waals surface area contributed by atoms with Gasteiger partial charge in [0.05, 0.1) is 25.0 Å². The van der Waals surface area contributed by atoms with Gasteiger partial charge in [-0.25, -0.2) is 4.79 Å². The van der Waals surface area contributed by atoms with Crippen molar-refractivity contribution in [2.45, 2.75) is 36.8 Å². The first-order valence-corrected chi connectivity index (χ1v) is 8.07. The van der Waals surface area contributed by atoms with Gasteiger partial charge in [0.15, 0.2) is 0 Å². The first-order chi connectivity index (χ1) is 11.0. The van der Waals surface area contributed by atoms with Crippen LogP contribution in [0, 0.1) is 5.92 Å². The third-order valence-electron chi connectivity index (χ3n) is 5.37. The number of hydrogen-bond donors (Lipinski definition) is 3. The van der Waals surface area contributed by atoms with Crippen LogP contribution in [0.15, 0.2) is 24.3 Å². The maximum atomic E-state index is 12.4. The zero-order valence-electron chi connectivity index (χ0n) is 12.7. The van der Waals surface area contributed by atoms with Crippen molar-refractivity contribution in [3.05, 3.63) is 35.4 Å². The normalized spacial score (nSPS) is 28.0. The number of β-amino-alcohol motifs (C(OH)–C–C–N with tert-alkyl or cyclic N) is 1. The smallest absolute Gasteiger partial charge is 0.318 e. The number of aliphatic carboxylic acids is 1. The summed E-state index contributed by atoms with van der Waals surface area (Å²) in [7, 11) is 0. The monoisotopic (exact) mass is 316 g/mol. The summed E-state index contributed by atoms with van der Waals surface area (Å²) >= 11 is 0. The standard InChI is InChI=1S/C17H20N2O4/c20-15(21)13-7-14(12-4-2-1-3-11(12)13)18-16(22)19-8-17(23,9-19)10-5-6-10/h1-4,10,13-14,23H,5-9H2,(H,18,22)(H,20,21). The summed E-state index contributed by atoms with van der Waals surface area (Å²) in [5, 5.41) is 22.6. The first kappa shape index (κ1) is 14.5. The molecule has 2 atom stereocenters. The Morgan fingerprint density at radius 3 is 2.43 bits per heavy atom. The fourth-order valence-electron chi connectivity index (χ4n) is 3.88. The number of aliphatic hydroxyl groups is 1. The zero-order valence-corrected chi connectivity index (χ0v) is 12.7. The van der Waals surface area contributed by atoms with Gasteiger partial charge < -0.3 is 20.4 Å². The van der Waals surface area contributed by atoms with Crippen molar-refractivity contribution in [3.63, 3.8) is 0 Å². The maximum absolute atomic E-state index is 12.4. The molecule has 1 saturated carbocycles. The van der Waals surface area contributed by atoms with Gasteiger partial charge in [-0.3, -0.25) is 4.79 Å². The lowest BCUT2D eigenvalue weighted by molar-refractivity contribution is -0.138. The van der Waals surface area contributed by atoms with Gasteiger partial charge in [-0.05, 0) is 36.3 Å². The molecular formula is C17H20N2O4. The SMILES string of the molecule is O=C(O)C1CC(NC(=O)N2CC(O)(C3CC3)C2)c2ccccc21. The lowest BCUT2D eigenvalue weighted by Crippen LogP contribution is -2.66. The molecule has 3 N–H and O–H groups in total. The van der Waals surface area contributed by atoms with Crippen molar-refractivity contribution in [2.24, 2.45) is 5.92 Å². The van der Waals surface area contributed by atoms with Gasteiger partial charge in [0, 0.05) is 0 Å². The van der Waals surface area contributed by atoms with E-state index in [0.717, 1.165) is 24.0 Å². The van der Waals surface area contributed by atoms with E-state index in [4.69, 9.17) is 0 Å². The summed E-state index contributed by atoms with van der Waals surface area (Å²) in [6.45, 7) is 0.750. The predicted molar refractivity (Wildman–Crippen MR) is 82.0 cm³/mol. The minimum atomic E-state index is -0.860. The number of carbonyl (C=O) groups excluding carboxylic acids is 1. The highest BCUT2D eigenvalue weighted by molar-refractivity contribution is 5.80. The third kappa shape index (κ3) is 2.37. The van der Waals surface area contributed by atoms with Crippen molar-refractivity contribution in [1.29, 1.82) is 0 Å². The highest BCUT2D eigenvalue weighted by Gasteiger charge is 2.53. The molecule has 2 unspecified atom stereocenters. The Bertz CT molecular complexity index is 664. The maximum Gasteiger partial charge on any atom is 0.318 e. The van der Waals surface area contributed by atoms with Crippen molar-refractivity contribution >= 4 is 12.0 Å². The molecule has 23 heavy (non-hydrogen) atoms. The number of nitrogens with zero attached hydrogens (tertiary/aromatic N) is 1. The number of carboxylic acid groups (broad SMARTS) is 1. The lowest BCUT2D eigenvalue weighted by atomic mass is 9.89. The van der Waals surface area contributed by atoms with Crippen LogP contribution in [0.3, 0.4) is 0 Å². The summed E-state index contributed by atoms with van der Waals surface area (Å²) < 4.78 is 0. The van der Waals surface area contributed by atoms with Crippen LogP contribution < -0.4 is 5.32 Å². The van der Waals surface area contributed by atoms with Gasteiger partial charge in [-0.2, -0.15) is 0 Å². The zero-order chi connectivity index (χ0) is 16.2. The number of hydrogen-bond acceptors (Lipinski definition) is 3. The van der Waals surface area contributed by atoms with E-state index in [9.17, 15) is 19.8 Å². The van der Waals surface area contributed by atoms with Crippen LogP contribution in [0.25, 0.3) is 0 Å². The Balaban J connectivity index is 1.43. The molecule has 0 bridgehead atoms. The van der Waals surface area contributed by atoms with E-state index >= 15 is 0 Å². The number of nitrogens with one attached hydrogen (secondary N) is 1. The molecule has 0 aromatic heterocycles. The van der Waals surface area contributed by atoms with E-state index in [-0.39, 0.29) is 12.1 Å². The van der Waals surface area contributed by atoms with Crippen molar-refractivity contribution < 1.29 is 19.8 Å². The summed E-state index contributed by atoms with van der Waals surface area (Å²) in [5.74, 6) is -1.09.